The van der Waals surface area contributed by atoms with Crippen LogP contribution in [0, 0.1) is 0 Å². The fourth-order valence-corrected chi connectivity index (χ4v) is 4.40. The van der Waals surface area contributed by atoms with Gasteiger partial charge in [-0.15, -0.1) is 0 Å². The van der Waals surface area contributed by atoms with Crippen molar-refractivity contribution >= 4 is 11.8 Å². The Balaban J connectivity index is 1.24. The summed E-state index contributed by atoms with van der Waals surface area (Å²) < 4.78 is 5.97. The second kappa shape index (κ2) is 10.1. The van der Waals surface area contributed by atoms with Gasteiger partial charge in [-0.2, -0.15) is 0 Å². The minimum absolute atomic E-state index is 0.0524. The Morgan fingerprint density at radius 1 is 1.16 bits per heavy atom. The highest BCUT2D eigenvalue weighted by molar-refractivity contribution is 5.94. The first kappa shape index (κ1) is 22.3. The number of benzene rings is 2. The Morgan fingerprint density at radius 3 is 2.75 bits per heavy atom. The second-order valence-corrected chi connectivity index (χ2v) is 8.64. The van der Waals surface area contributed by atoms with Crippen molar-refractivity contribution in [2.24, 2.45) is 0 Å². The number of amides is 2. The number of ether oxygens (including phenoxy) is 1. The molecule has 0 bridgehead atoms. The number of nitrogens with one attached hydrogen (secondary N) is 1. The van der Waals surface area contributed by atoms with Crippen molar-refractivity contribution in [3.05, 3.63) is 65.2 Å². The minimum Gasteiger partial charge on any atom is -0.488 e. The number of rotatable bonds is 7. The van der Waals surface area contributed by atoms with E-state index >= 15 is 0 Å². The molecule has 2 aliphatic rings. The monoisotopic (exact) mass is 437 g/mol. The molecule has 7 heteroatoms. The molecule has 170 valence electrons. The maximum Gasteiger partial charge on any atom is 0.251 e. The van der Waals surface area contributed by atoms with Crippen molar-refractivity contribution in [2.75, 3.05) is 32.7 Å². The van der Waals surface area contributed by atoms with Crippen LogP contribution in [0.5, 0.6) is 5.75 Å². The summed E-state index contributed by atoms with van der Waals surface area (Å²) in [6, 6.07) is 15.4. The molecule has 1 fully saturated rings. The lowest BCUT2D eigenvalue weighted by Crippen LogP contribution is -2.42. The van der Waals surface area contributed by atoms with E-state index in [9.17, 15) is 14.7 Å². The van der Waals surface area contributed by atoms with E-state index < -0.39 is 6.10 Å². The molecule has 2 atom stereocenters. The minimum atomic E-state index is -0.639. The highest BCUT2D eigenvalue weighted by Crippen LogP contribution is 2.20. The Bertz CT molecular complexity index is 964. The standard InChI is InChI=1S/C25H31N3O4/c1-18(29)28-12-10-24(17-28)32-23-8-4-7-20(13-23)25(31)26-14-22(30)16-27-11-9-19-5-2-3-6-21(19)15-27/h2-8,13,22,24,30H,9-12,14-17H2,1H3,(H,26,31). The Morgan fingerprint density at radius 2 is 1.97 bits per heavy atom. The van der Waals surface area contributed by atoms with Crippen LogP contribution in [0.2, 0.25) is 0 Å². The molecule has 1 saturated heterocycles. The average molecular weight is 438 g/mol. The molecule has 2 N–H and O–H groups in total. The van der Waals surface area contributed by atoms with E-state index in [1.807, 2.05) is 12.1 Å². The fourth-order valence-electron chi connectivity index (χ4n) is 4.40. The van der Waals surface area contributed by atoms with Gasteiger partial charge in [0.05, 0.1) is 12.6 Å². The van der Waals surface area contributed by atoms with Gasteiger partial charge < -0.3 is 20.1 Å². The zero-order chi connectivity index (χ0) is 22.5. The molecule has 0 aliphatic carbocycles. The third-order valence-corrected chi connectivity index (χ3v) is 6.17. The van der Waals surface area contributed by atoms with Crippen LogP contribution >= 0.6 is 0 Å². The molecule has 4 rings (SSSR count). The first-order valence-electron chi connectivity index (χ1n) is 11.3. The molecule has 0 spiro atoms. The summed E-state index contributed by atoms with van der Waals surface area (Å²) in [4.78, 5) is 28.1. The van der Waals surface area contributed by atoms with Gasteiger partial charge in [0, 0.05) is 51.6 Å². The summed E-state index contributed by atoms with van der Waals surface area (Å²) >= 11 is 0. The fraction of sp³-hybridized carbons (Fsp3) is 0.440. The molecular formula is C25H31N3O4. The second-order valence-electron chi connectivity index (χ2n) is 8.64. The Labute approximate surface area is 189 Å². The summed E-state index contributed by atoms with van der Waals surface area (Å²) in [5, 5.41) is 13.3. The number of nitrogens with zero attached hydrogens (tertiary/aromatic N) is 2. The van der Waals surface area contributed by atoms with Crippen LogP contribution in [0.25, 0.3) is 0 Å². The number of hydrogen-bond donors (Lipinski definition) is 2. The number of likely N-dealkylation sites (tertiary alicyclic amines) is 1. The maximum absolute atomic E-state index is 12.6. The first-order chi connectivity index (χ1) is 15.5. The third kappa shape index (κ3) is 5.66. The number of carbonyl (C=O) groups is 2. The van der Waals surface area contributed by atoms with Crippen molar-refractivity contribution in [1.82, 2.24) is 15.1 Å². The Hall–Kier alpha value is -2.90. The van der Waals surface area contributed by atoms with Crippen LogP contribution in [0.15, 0.2) is 48.5 Å². The van der Waals surface area contributed by atoms with E-state index in [4.69, 9.17) is 4.74 Å². The number of β-amino-alcohol motifs (C(OH)–C–C–N with tert-alkyl or cyclic N) is 1. The summed E-state index contributed by atoms with van der Waals surface area (Å²) in [6.07, 6.45) is 1.06. The van der Waals surface area contributed by atoms with Crippen LogP contribution in [0.3, 0.4) is 0 Å². The number of aliphatic hydroxyl groups is 1. The lowest BCUT2D eigenvalue weighted by atomic mass is 10.00. The number of carbonyl (C=O) groups excluding carboxylic acids is 2. The van der Waals surface area contributed by atoms with E-state index in [0.717, 1.165) is 25.9 Å². The van der Waals surface area contributed by atoms with Crippen molar-refractivity contribution in [2.45, 2.75) is 38.5 Å². The van der Waals surface area contributed by atoms with Gasteiger partial charge >= 0.3 is 0 Å². The molecule has 2 unspecified atom stereocenters. The molecule has 2 aromatic rings. The molecule has 0 radical (unpaired) electrons. The van der Waals surface area contributed by atoms with E-state index in [1.165, 1.54) is 11.1 Å². The smallest absolute Gasteiger partial charge is 0.251 e. The lowest BCUT2D eigenvalue weighted by Gasteiger charge is -2.30. The molecule has 2 amide bonds. The molecule has 2 heterocycles. The van der Waals surface area contributed by atoms with Gasteiger partial charge in [-0.05, 0) is 35.7 Å². The third-order valence-electron chi connectivity index (χ3n) is 6.17. The van der Waals surface area contributed by atoms with Crippen LogP contribution in [-0.2, 0) is 17.8 Å². The number of aliphatic hydroxyl groups excluding tert-OH is 1. The summed E-state index contributed by atoms with van der Waals surface area (Å²) in [7, 11) is 0. The SMILES string of the molecule is CC(=O)N1CCC(Oc2cccc(C(=O)NCC(O)CN3CCc4ccccc4C3)c2)C1. The molecule has 32 heavy (non-hydrogen) atoms. The zero-order valence-corrected chi connectivity index (χ0v) is 18.5. The topological polar surface area (TPSA) is 82.1 Å². The van der Waals surface area contributed by atoms with E-state index in [1.54, 1.807) is 30.0 Å². The van der Waals surface area contributed by atoms with Gasteiger partial charge in [0.2, 0.25) is 5.91 Å². The highest BCUT2D eigenvalue weighted by atomic mass is 16.5. The predicted octanol–water partition coefficient (Wildman–Crippen LogP) is 1.84. The van der Waals surface area contributed by atoms with Crippen molar-refractivity contribution in [3.63, 3.8) is 0 Å². The van der Waals surface area contributed by atoms with Crippen molar-refractivity contribution in [1.29, 1.82) is 0 Å². The van der Waals surface area contributed by atoms with Gasteiger partial charge in [-0.1, -0.05) is 30.3 Å². The lowest BCUT2D eigenvalue weighted by molar-refractivity contribution is -0.128. The van der Waals surface area contributed by atoms with Gasteiger partial charge in [-0.3, -0.25) is 14.5 Å². The van der Waals surface area contributed by atoms with Crippen LogP contribution in [0.4, 0.5) is 0 Å². The van der Waals surface area contributed by atoms with Crippen LogP contribution < -0.4 is 10.1 Å². The van der Waals surface area contributed by atoms with E-state index in [2.05, 4.69) is 28.4 Å². The average Bonchev–Trinajstić information content (AvgIpc) is 3.26. The largest absolute Gasteiger partial charge is 0.488 e. The normalized spacial score (nSPS) is 19.3. The van der Waals surface area contributed by atoms with Gasteiger partial charge in [0.15, 0.2) is 0 Å². The van der Waals surface area contributed by atoms with E-state index in [0.29, 0.717) is 30.9 Å². The Kier molecular flexibility index (Phi) is 7.07. The predicted molar refractivity (Wildman–Crippen MR) is 121 cm³/mol. The van der Waals surface area contributed by atoms with Crippen molar-refractivity contribution in [3.8, 4) is 5.75 Å². The van der Waals surface area contributed by atoms with Crippen LogP contribution in [-0.4, -0.2) is 71.7 Å². The molecule has 0 saturated carbocycles. The van der Waals surface area contributed by atoms with Crippen molar-refractivity contribution < 1.29 is 19.4 Å². The molecule has 2 aliphatic heterocycles. The van der Waals surface area contributed by atoms with Gasteiger partial charge in [-0.25, -0.2) is 0 Å². The maximum atomic E-state index is 12.6. The molecular weight excluding hydrogens is 406 g/mol. The zero-order valence-electron chi connectivity index (χ0n) is 18.5. The molecule has 2 aromatic carbocycles. The van der Waals surface area contributed by atoms with Gasteiger partial charge in [0.1, 0.15) is 11.9 Å². The first-order valence-corrected chi connectivity index (χ1v) is 11.3. The summed E-state index contributed by atoms with van der Waals surface area (Å²) in [5.74, 6) is 0.424. The van der Waals surface area contributed by atoms with E-state index in [-0.39, 0.29) is 24.5 Å². The summed E-state index contributed by atoms with van der Waals surface area (Å²) in [5.41, 5.74) is 3.17. The molecule has 7 nitrogen and oxygen atoms in total. The number of hydrogen-bond acceptors (Lipinski definition) is 5. The van der Waals surface area contributed by atoms with Crippen LogP contribution in [0.1, 0.15) is 34.8 Å². The quantitative estimate of drug-likeness (QED) is 0.691. The summed E-state index contributed by atoms with van der Waals surface area (Å²) in [6.45, 7) is 5.27. The highest BCUT2D eigenvalue weighted by Gasteiger charge is 2.25. The number of fused-ring (bicyclic) bond motifs is 1. The van der Waals surface area contributed by atoms with Gasteiger partial charge in [0.25, 0.3) is 5.91 Å². The molecule has 0 aromatic heterocycles.